The van der Waals surface area contributed by atoms with Crippen molar-refractivity contribution in [3.8, 4) is 5.69 Å². The zero-order valence-corrected chi connectivity index (χ0v) is 16.0. The summed E-state index contributed by atoms with van der Waals surface area (Å²) in [6, 6.07) is 11.7. The number of nitrogens with zero attached hydrogens (tertiary/aromatic N) is 4. The van der Waals surface area contributed by atoms with Crippen molar-refractivity contribution < 1.29 is 13.9 Å². The predicted octanol–water partition coefficient (Wildman–Crippen LogP) is 2.57. The number of benzene rings is 1. The zero-order chi connectivity index (χ0) is 19.3. The normalized spacial score (nSPS) is 14.9. The van der Waals surface area contributed by atoms with Crippen LogP contribution < -0.4 is 0 Å². The van der Waals surface area contributed by atoms with E-state index in [4.69, 9.17) is 9.15 Å². The average Bonchev–Trinajstić information content (AvgIpc) is 3.39. The quantitative estimate of drug-likeness (QED) is 0.658. The number of amides is 1. The van der Waals surface area contributed by atoms with E-state index in [9.17, 15) is 4.79 Å². The van der Waals surface area contributed by atoms with Crippen LogP contribution in [-0.2, 0) is 17.8 Å². The maximum absolute atomic E-state index is 12.7. The molecule has 0 unspecified atom stereocenters. The van der Waals surface area contributed by atoms with Crippen molar-refractivity contribution in [2.45, 2.75) is 13.1 Å². The van der Waals surface area contributed by atoms with Gasteiger partial charge in [0.2, 0.25) is 0 Å². The van der Waals surface area contributed by atoms with Crippen molar-refractivity contribution >= 4 is 5.91 Å². The van der Waals surface area contributed by atoms with Crippen LogP contribution in [0.4, 0.5) is 0 Å². The molecule has 146 valence electrons. The molecule has 28 heavy (non-hydrogen) atoms. The molecule has 7 heteroatoms. The van der Waals surface area contributed by atoms with Gasteiger partial charge in [-0.25, -0.2) is 4.68 Å². The molecule has 3 heterocycles. The minimum absolute atomic E-state index is 0.0653. The number of hydrogen-bond acceptors (Lipinski definition) is 5. The Hall–Kier alpha value is -2.90. The van der Waals surface area contributed by atoms with E-state index < -0.39 is 0 Å². The van der Waals surface area contributed by atoms with Crippen LogP contribution in [0.1, 0.15) is 21.7 Å². The van der Waals surface area contributed by atoms with Crippen LogP contribution in [-0.4, -0.2) is 58.8 Å². The highest BCUT2D eigenvalue weighted by atomic mass is 16.5. The summed E-state index contributed by atoms with van der Waals surface area (Å²) in [6.07, 6.45) is 5.27. The van der Waals surface area contributed by atoms with Gasteiger partial charge in [0.25, 0.3) is 5.91 Å². The summed E-state index contributed by atoms with van der Waals surface area (Å²) >= 11 is 0. The summed E-state index contributed by atoms with van der Waals surface area (Å²) in [7, 11) is 1.79. The molecule has 1 aliphatic heterocycles. The molecule has 0 radical (unpaired) electrons. The van der Waals surface area contributed by atoms with E-state index in [1.807, 2.05) is 47.3 Å². The van der Waals surface area contributed by atoms with E-state index in [2.05, 4.69) is 10.00 Å². The largest absolute Gasteiger partial charge is 0.467 e. The molecule has 3 aromatic rings. The number of rotatable bonds is 6. The molecule has 7 nitrogen and oxygen atoms in total. The Bertz CT molecular complexity index is 913. The fourth-order valence-electron chi connectivity index (χ4n) is 3.29. The second kappa shape index (κ2) is 8.41. The van der Waals surface area contributed by atoms with Crippen LogP contribution in [0.15, 0.2) is 59.5 Å². The Labute approximate surface area is 164 Å². The molecule has 2 aromatic heterocycles. The smallest absolute Gasteiger partial charge is 0.257 e. The molecule has 1 amide bonds. The Morgan fingerprint density at radius 2 is 2.00 bits per heavy atom. The van der Waals surface area contributed by atoms with Crippen LogP contribution in [0.3, 0.4) is 0 Å². The monoisotopic (exact) mass is 380 g/mol. The van der Waals surface area contributed by atoms with Gasteiger partial charge in [0.1, 0.15) is 12.0 Å². The fraction of sp³-hybridized carbons (Fsp3) is 0.333. The van der Waals surface area contributed by atoms with Gasteiger partial charge in [-0.2, -0.15) is 5.10 Å². The van der Waals surface area contributed by atoms with Crippen molar-refractivity contribution in [3.05, 3.63) is 71.9 Å². The van der Waals surface area contributed by atoms with Crippen LogP contribution in [0, 0.1) is 0 Å². The maximum Gasteiger partial charge on any atom is 0.257 e. The molecule has 0 aliphatic carbocycles. The van der Waals surface area contributed by atoms with Crippen LogP contribution in [0.5, 0.6) is 0 Å². The lowest BCUT2D eigenvalue weighted by atomic mass is 10.2. The van der Waals surface area contributed by atoms with E-state index in [1.165, 1.54) is 0 Å². The van der Waals surface area contributed by atoms with Crippen molar-refractivity contribution in [2.24, 2.45) is 0 Å². The van der Waals surface area contributed by atoms with Gasteiger partial charge in [0.05, 0.1) is 37.2 Å². The summed E-state index contributed by atoms with van der Waals surface area (Å²) in [5, 5.41) is 4.39. The van der Waals surface area contributed by atoms with Gasteiger partial charge in [0.15, 0.2) is 0 Å². The number of morpholine rings is 1. The van der Waals surface area contributed by atoms with E-state index in [-0.39, 0.29) is 5.91 Å². The Morgan fingerprint density at radius 3 is 2.79 bits per heavy atom. The molecule has 0 N–H and O–H groups in total. The summed E-state index contributed by atoms with van der Waals surface area (Å²) in [4.78, 5) is 16.7. The van der Waals surface area contributed by atoms with Crippen LogP contribution >= 0.6 is 0 Å². The van der Waals surface area contributed by atoms with Gasteiger partial charge in [-0.1, -0.05) is 18.2 Å². The SMILES string of the molecule is CN(Cc1cnn(-c2ccccc2)c1)C(=O)c1coc(CN2CCOCC2)c1. The molecule has 0 spiro atoms. The third-order valence-corrected chi connectivity index (χ3v) is 4.81. The van der Waals surface area contributed by atoms with Crippen molar-refractivity contribution in [1.29, 1.82) is 0 Å². The van der Waals surface area contributed by atoms with Crippen molar-refractivity contribution in [3.63, 3.8) is 0 Å². The lowest BCUT2D eigenvalue weighted by molar-refractivity contribution is 0.0313. The summed E-state index contributed by atoms with van der Waals surface area (Å²) in [6.45, 7) is 4.43. The summed E-state index contributed by atoms with van der Waals surface area (Å²) in [5.74, 6) is 0.736. The Kier molecular flexibility index (Phi) is 5.55. The van der Waals surface area contributed by atoms with Gasteiger partial charge in [-0.15, -0.1) is 0 Å². The van der Waals surface area contributed by atoms with Crippen LogP contribution in [0.2, 0.25) is 0 Å². The minimum Gasteiger partial charge on any atom is -0.467 e. The highest BCUT2D eigenvalue weighted by Crippen LogP contribution is 2.15. The van der Waals surface area contributed by atoms with E-state index in [0.717, 1.165) is 43.3 Å². The fourth-order valence-corrected chi connectivity index (χ4v) is 3.29. The molecule has 0 bridgehead atoms. The average molecular weight is 380 g/mol. The number of furan rings is 1. The van der Waals surface area contributed by atoms with Crippen molar-refractivity contribution in [2.75, 3.05) is 33.4 Å². The van der Waals surface area contributed by atoms with Gasteiger partial charge >= 0.3 is 0 Å². The highest BCUT2D eigenvalue weighted by molar-refractivity contribution is 5.93. The molecule has 1 saturated heterocycles. The number of ether oxygens (including phenoxy) is 1. The van der Waals surface area contributed by atoms with Gasteiger partial charge in [-0.3, -0.25) is 9.69 Å². The Balaban J connectivity index is 1.36. The number of carbonyl (C=O) groups is 1. The topological polar surface area (TPSA) is 63.7 Å². The first-order valence-electron chi connectivity index (χ1n) is 9.41. The molecular weight excluding hydrogens is 356 g/mol. The summed E-state index contributed by atoms with van der Waals surface area (Å²) < 4.78 is 12.8. The molecule has 0 saturated carbocycles. The van der Waals surface area contributed by atoms with Gasteiger partial charge < -0.3 is 14.1 Å². The third kappa shape index (κ3) is 4.32. The van der Waals surface area contributed by atoms with E-state index in [1.54, 1.807) is 24.4 Å². The number of carbonyl (C=O) groups excluding carboxylic acids is 1. The van der Waals surface area contributed by atoms with E-state index >= 15 is 0 Å². The van der Waals surface area contributed by atoms with Crippen molar-refractivity contribution in [1.82, 2.24) is 19.6 Å². The zero-order valence-electron chi connectivity index (χ0n) is 16.0. The molecule has 1 aliphatic rings. The summed E-state index contributed by atoms with van der Waals surface area (Å²) in [5.41, 5.74) is 2.53. The first-order valence-corrected chi connectivity index (χ1v) is 9.41. The molecule has 1 aromatic carbocycles. The molecule has 1 fully saturated rings. The Morgan fingerprint density at radius 1 is 1.21 bits per heavy atom. The number of para-hydroxylation sites is 1. The predicted molar refractivity (Wildman–Crippen MR) is 104 cm³/mol. The second-order valence-electron chi connectivity index (χ2n) is 6.98. The molecule has 0 atom stereocenters. The lowest BCUT2D eigenvalue weighted by Gasteiger charge is -2.25. The number of hydrogen-bond donors (Lipinski definition) is 0. The van der Waals surface area contributed by atoms with Gasteiger partial charge in [0, 0.05) is 38.4 Å². The van der Waals surface area contributed by atoms with Crippen LogP contribution in [0.25, 0.3) is 5.69 Å². The number of aromatic nitrogens is 2. The second-order valence-corrected chi connectivity index (χ2v) is 6.98. The highest BCUT2D eigenvalue weighted by Gasteiger charge is 2.18. The van der Waals surface area contributed by atoms with E-state index in [0.29, 0.717) is 18.7 Å². The first-order chi connectivity index (χ1) is 13.7. The molecule has 4 rings (SSSR count). The molecular formula is C21H24N4O3. The minimum atomic E-state index is -0.0653. The maximum atomic E-state index is 12.7. The van der Waals surface area contributed by atoms with Gasteiger partial charge in [-0.05, 0) is 18.2 Å². The first kappa shape index (κ1) is 18.5. The third-order valence-electron chi connectivity index (χ3n) is 4.81. The lowest BCUT2D eigenvalue weighted by Crippen LogP contribution is -2.35. The standard InChI is InChI=1S/C21H24N4O3/c1-23(13-17-12-22-25(14-17)19-5-3-2-4-6-19)21(26)18-11-20(28-16-18)15-24-7-9-27-10-8-24/h2-6,11-12,14,16H,7-10,13,15H2,1H3.